The average Bonchev–Trinajstić information content (AvgIpc) is 3.20. The number of aromatic nitrogens is 1. The van der Waals surface area contributed by atoms with Crippen molar-refractivity contribution in [2.45, 2.75) is 19.9 Å². The molecule has 1 saturated heterocycles. The van der Waals surface area contributed by atoms with Crippen LogP contribution in [0.3, 0.4) is 0 Å². The van der Waals surface area contributed by atoms with Crippen molar-refractivity contribution in [2.24, 2.45) is 0 Å². The van der Waals surface area contributed by atoms with Gasteiger partial charge in [0.1, 0.15) is 5.75 Å². The maximum absolute atomic E-state index is 12.1. The van der Waals surface area contributed by atoms with E-state index >= 15 is 0 Å². The van der Waals surface area contributed by atoms with Gasteiger partial charge in [0, 0.05) is 30.2 Å². The molecular formula is C20H22N2O3S. The van der Waals surface area contributed by atoms with Gasteiger partial charge in [-0.25, -0.2) is 8.42 Å². The van der Waals surface area contributed by atoms with Crippen molar-refractivity contribution >= 4 is 26.6 Å². The molecule has 1 aromatic heterocycles. The maximum atomic E-state index is 12.1. The Balaban J connectivity index is 1.76. The Kier molecular flexibility index (Phi) is 4.15. The van der Waals surface area contributed by atoms with E-state index < -0.39 is 10.0 Å². The Hall–Kier alpha value is -2.47. The molecule has 4 rings (SSSR count). The van der Waals surface area contributed by atoms with Gasteiger partial charge in [0.05, 0.1) is 24.1 Å². The molecule has 6 heteroatoms. The number of fused-ring (bicyclic) bond motifs is 1. The van der Waals surface area contributed by atoms with E-state index in [9.17, 15) is 8.42 Å². The summed E-state index contributed by atoms with van der Waals surface area (Å²) in [6, 6.07) is 16.0. The van der Waals surface area contributed by atoms with Crippen LogP contribution in [-0.4, -0.2) is 32.4 Å². The molecule has 0 atom stereocenters. The zero-order valence-electron chi connectivity index (χ0n) is 15.0. The molecule has 26 heavy (non-hydrogen) atoms. The van der Waals surface area contributed by atoms with Crippen molar-refractivity contribution < 1.29 is 13.2 Å². The molecule has 0 N–H and O–H groups in total. The first-order valence-corrected chi connectivity index (χ1v) is 10.4. The normalized spacial score (nSPS) is 16.3. The fraction of sp³-hybridized carbons (Fsp3) is 0.300. The van der Waals surface area contributed by atoms with E-state index in [1.54, 1.807) is 7.11 Å². The third-order valence-electron chi connectivity index (χ3n) is 4.98. The number of rotatable bonds is 4. The summed E-state index contributed by atoms with van der Waals surface area (Å²) in [7, 11) is -1.47. The van der Waals surface area contributed by atoms with Gasteiger partial charge in [0.25, 0.3) is 0 Å². The van der Waals surface area contributed by atoms with Crippen molar-refractivity contribution in [1.29, 1.82) is 0 Å². The number of nitrogens with zero attached hydrogens (tertiary/aromatic N) is 2. The standard InChI is InChI=1S/C20H22N2O3S/c1-3-21-19(13-16-7-10-18(25-2)14-20(16)21)15-5-8-17(9-6-15)22-11-4-12-26(22,23)24/h5-10,13-14H,3-4,11-12H2,1-2H3. The van der Waals surface area contributed by atoms with Gasteiger partial charge < -0.3 is 9.30 Å². The topological polar surface area (TPSA) is 51.5 Å². The van der Waals surface area contributed by atoms with E-state index in [1.165, 1.54) is 4.31 Å². The monoisotopic (exact) mass is 370 g/mol. The van der Waals surface area contributed by atoms with Crippen molar-refractivity contribution in [3.05, 3.63) is 48.5 Å². The Labute approximate surface area is 153 Å². The molecule has 0 unspecified atom stereocenters. The number of hydrogen-bond acceptors (Lipinski definition) is 3. The largest absolute Gasteiger partial charge is 0.497 e. The van der Waals surface area contributed by atoms with Crippen LogP contribution in [0.1, 0.15) is 13.3 Å². The van der Waals surface area contributed by atoms with Crippen LogP contribution >= 0.6 is 0 Å². The summed E-state index contributed by atoms with van der Waals surface area (Å²) < 4.78 is 33.3. The van der Waals surface area contributed by atoms with Gasteiger partial charge in [-0.1, -0.05) is 12.1 Å². The lowest BCUT2D eigenvalue weighted by atomic mass is 10.1. The zero-order valence-corrected chi connectivity index (χ0v) is 15.8. The summed E-state index contributed by atoms with van der Waals surface area (Å²) in [5.41, 5.74) is 4.06. The molecule has 5 nitrogen and oxygen atoms in total. The highest BCUT2D eigenvalue weighted by atomic mass is 32.2. The zero-order chi connectivity index (χ0) is 18.3. The highest BCUT2D eigenvalue weighted by Gasteiger charge is 2.28. The average molecular weight is 370 g/mol. The highest BCUT2D eigenvalue weighted by molar-refractivity contribution is 7.93. The summed E-state index contributed by atoms with van der Waals surface area (Å²) in [6.07, 6.45) is 0.690. The second kappa shape index (κ2) is 6.36. The molecule has 3 aromatic rings. The summed E-state index contributed by atoms with van der Waals surface area (Å²) in [5.74, 6) is 1.08. The number of aryl methyl sites for hydroxylation is 1. The number of sulfonamides is 1. The first kappa shape index (κ1) is 17.0. The van der Waals surface area contributed by atoms with Gasteiger partial charge in [-0.15, -0.1) is 0 Å². The molecule has 0 saturated carbocycles. The van der Waals surface area contributed by atoms with E-state index in [4.69, 9.17) is 4.74 Å². The summed E-state index contributed by atoms with van der Waals surface area (Å²) >= 11 is 0. The SMILES string of the molecule is CCn1c(-c2ccc(N3CCCS3(=O)=O)cc2)cc2ccc(OC)cc21. The van der Waals surface area contributed by atoms with Crippen LogP contribution < -0.4 is 9.04 Å². The van der Waals surface area contributed by atoms with Crippen molar-refractivity contribution in [3.63, 3.8) is 0 Å². The minimum atomic E-state index is -3.14. The maximum Gasteiger partial charge on any atom is 0.235 e. The molecule has 0 amide bonds. The van der Waals surface area contributed by atoms with E-state index in [0.717, 1.165) is 40.1 Å². The van der Waals surface area contributed by atoms with Gasteiger partial charge in [-0.3, -0.25) is 4.31 Å². The van der Waals surface area contributed by atoms with Crippen LogP contribution in [0.2, 0.25) is 0 Å². The molecule has 2 heterocycles. The third kappa shape index (κ3) is 2.74. The number of anilines is 1. The van der Waals surface area contributed by atoms with Crippen LogP contribution in [-0.2, 0) is 16.6 Å². The lowest BCUT2D eigenvalue weighted by Crippen LogP contribution is -2.24. The minimum Gasteiger partial charge on any atom is -0.497 e. The predicted molar refractivity (Wildman–Crippen MR) is 105 cm³/mol. The van der Waals surface area contributed by atoms with Crippen LogP contribution in [0, 0.1) is 0 Å². The van der Waals surface area contributed by atoms with Crippen LogP contribution in [0.15, 0.2) is 48.5 Å². The Morgan fingerprint density at radius 1 is 1.08 bits per heavy atom. The fourth-order valence-corrected chi connectivity index (χ4v) is 5.23. The quantitative estimate of drug-likeness (QED) is 0.700. The second-order valence-electron chi connectivity index (χ2n) is 6.49. The molecule has 0 bridgehead atoms. The van der Waals surface area contributed by atoms with Crippen molar-refractivity contribution in [1.82, 2.24) is 4.57 Å². The molecule has 1 aliphatic heterocycles. The van der Waals surface area contributed by atoms with Gasteiger partial charge in [-0.2, -0.15) is 0 Å². The smallest absolute Gasteiger partial charge is 0.235 e. The molecule has 2 aromatic carbocycles. The Bertz CT molecular complexity index is 1050. The van der Waals surface area contributed by atoms with E-state index in [0.29, 0.717) is 13.0 Å². The van der Waals surface area contributed by atoms with Crippen molar-refractivity contribution in [3.8, 4) is 17.0 Å². The van der Waals surface area contributed by atoms with Gasteiger partial charge in [0.2, 0.25) is 10.0 Å². The molecular weight excluding hydrogens is 348 g/mol. The lowest BCUT2D eigenvalue weighted by Gasteiger charge is -2.17. The molecule has 0 spiro atoms. The molecule has 1 fully saturated rings. The lowest BCUT2D eigenvalue weighted by molar-refractivity contribution is 0.415. The predicted octanol–water partition coefficient (Wildman–Crippen LogP) is 3.88. The molecule has 0 radical (unpaired) electrons. The third-order valence-corrected chi connectivity index (χ3v) is 6.85. The van der Waals surface area contributed by atoms with E-state index in [-0.39, 0.29) is 5.75 Å². The summed E-state index contributed by atoms with van der Waals surface area (Å²) in [6.45, 7) is 3.53. The first-order chi connectivity index (χ1) is 12.5. The minimum absolute atomic E-state index is 0.237. The van der Waals surface area contributed by atoms with Crippen LogP contribution in [0.5, 0.6) is 5.75 Å². The van der Waals surface area contributed by atoms with Crippen LogP contribution in [0.4, 0.5) is 5.69 Å². The fourth-order valence-electron chi connectivity index (χ4n) is 3.67. The van der Waals surface area contributed by atoms with E-state index in [1.807, 2.05) is 36.4 Å². The molecule has 136 valence electrons. The summed E-state index contributed by atoms with van der Waals surface area (Å²) in [5, 5.41) is 1.16. The van der Waals surface area contributed by atoms with Gasteiger partial charge in [0.15, 0.2) is 0 Å². The number of methoxy groups -OCH3 is 1. The van der Waals surface area contributed by atoms with Crippen LogP contribution in [0.25, 0.3) is 22.2 Å². The number of hydrogen-bond donors (Lipinski definition) is 0. The number of ether oxygens (including phenoxy) is 1. The van der Waals surface area contributed by atoms with Gasteiger partial charge >= 0.3 is 0 Å². The van der Waals surface area contributed by atoms with Crippen molar-refractivity contribution in [2.75, 3.05) is 23.7 Å². The first-order valence-electron chi connectivity index (χ1n) is 8.81. The van der Waals surface area contributed by atoms with Gasteiger partial charge in [-0.05, 0) is 49.2 Å². The Morgan fingerprint density at radius 2 is 1.85 bits per heavy atom. The molecule has 1 aliphatic rings. The second-order valence-corrected chi connectivity index (χ2v) is 8.50. The summed E-state index contributed by atoms with van der Waals surface area (Å²) in [4.78, 5) is 0. The Morgan fingerprint density at radius 3 is 2.46 bits per heavy atom. The number of benzene rings is 2. The highest BCUT2D eigenvalue weighted by Crippen LogP contribution is 2.32. The van der Waals surface area contributed by atoms with E-state index in [2.05, 4.69) is 23.6 Å². The molecule has 0 aliphatic carbocycles.